The lowest BCUT2D eigenvalue weighted by molar-refractivity contribution is -0.144. The molecule has 45 heteroatoms. The van der Waals surface area contributed by atoms with E-state index in [-0.39, 0.29) is 31.0 Å². The van der Waals surface area contributed by atoms with Gasteiger partial charge in [-0.3, -0.25) is 52.6 Å². The van der Waals surface area contributed by atoms with Crippen molar-refractivity contribution in [1.29, 1.82) is 0 Å². The van der Waals surface area contributed by atoms with E-state index >= 15 is 4.39 Å². The quantitative estimate of drug-likeness (QED) is 0.0133. The minimum absolute atomic E-state index is 0.0661. The number of halogens is 1. The Morgan fingerprint density at radius 1 is 0.603 bits per heavy atom. The molecule has 694 valence electrons. The number of unbranched alkanes of at least 4 members (excludes halogenated alkanes) is 1. The van der Waals surface area contributed by atoms with E-state index in [9.17, 15) is 78.3 Å². The lowest BCUT2D eigenvalue weighted by Crippen LogP contribution is -2.67. The molecule has 0 saturated carbocycles. The van der Waals surface area contributed by atoms with Crippen LogP contribution in [0.4, 0.5) is 4.39 Å². The SMILES string of the molecule is CCc1cc(OCCCCn2cc(COCCOCCOCCOCCOCCOCCOCCOCCN)nn2)ccc1-c1ccc(C[C@H](NC(=O)[C@H](CC(=O)O)NC(=O)[C@H](CO)NC(=O)[C@@H](NC(=O)C(C)(Cc2ccccc2F)NC(=O)[C@@H](NC(=O)CNC(=O)[C@H](Cc2nn[nH]n2)NC(=O)C(C)(C)C(=O)NCCc2cnc[nH]2)[C@@H](C)O)[C@@H](C)O)C(=O)O)cc1. The monoisotopic (exact) mass is 1780 g/mol. The summed E-state index contributed by atoms with van der Waals surface area (Å²) in [4.78, 5) is 156. The van der Waals surface area contributed by atoms with Gasteiger partial charge in [0.2, 0.25) is 53.2 Å². The Morgan fingerprint density at radius 2 is 1.20 bits per heavy atom. The summed E-state index contributed by atoms with van der Waals surface area (Å²) in [5, 5.41) is 94.9. The molecule has 0 aliphatic heterocycles. The Hall–Kier alpha value is -11.5. The van der Waals surface area contributed by atoms with Crippen molar-refractivity contribution in [3.63, 3.8) is 0 Å². The number of aliphatic hydroxyl groups is 3. The molecule has 18 N–H and O–H groups in total. The number of nitrogens with two attached hydrogens (primary N) is 1. The normalized spacial score (nSPS) is 13.8. The zero-order valence-electron chi connectivity index (χ0n) is 71.4. The highest BCUT2D eigenvalue weighted by atomic mass is 19.1. The Balaban J connectivity index is 0.940. The average Bonchev–Trinajstić information content (AvgIpc) is 0.992. The number of ether oxygens (including phenoxy) is 9. The van der Waals surface area contributed by atoms with Gasteiger partial charge in [0.25, 0.3) is 0 Å². The molecule has 1 unspecified atom stereocenters. The van der Waals surface area contributed by atoms with E-state index in [4.69, 9.17) is 48.4 Å². The van der Waals surface area contributed by atoms with Crippen molar-refractivity contribution in [1.82, 2.24) is 93.4 Å². The minimum Gasteiger partial charge on any atom is -0.494 e. The van der Waals surface area contributed by atoms with Crippen LogP contribution < -0.4 is 58.3 Å². The second kappa shape index (κ2) is 55.8. The van der Waals surface area contributed by atoms with Gasteiger partial charge in [-0.25, -0.2) is 14.2 Å². The van der Waals surface area contributed by atoms with Crippen molar-refractivity contribution in [2.45, 2.75) is 160 Å². The van der Waals surface area contributed by atoms with Crippen LogP contribution >= 0.6 is 0 Å². The number of aliphatic carboxylic acids is 2. The Morgan fingerprint density at radius 3 is 1.76 bits per heavy atom. The van der Waals surface area contributed by atoms with Crippen LogP contribution in [0.1, 0.15) is 94.7 Å². The fourth-order valence-electron chi connectivity index (χ4n) is 12.0. The number of nitrogens with one attached hydrogen (secondary N) is 11. The lowest BCUT2D eigenvalue weighted by Gasteiger charge is -2.34. The smallest absolute Gasteiger partial charge is 0.326 e. The molecule has 3 heterocycles. The van der Waals surface area contributed by atoms with Gasteiger partial charge in [0.1, 0.15) is 64.5 Å². The molecule has 0 radical (unpaired) electrons. The van der Waals surface area contributed by atoms with Crippen LogP contribution in [-0.4, -0.2) is 322 Å². The number of imidazole rings is 1. The summed E-state index contributed by atoms with van der Waals surface area (Å²) in [6.45, 7) is 14.2. The molecule has 126 heavy (non-hydrogen) atoms. The number of carboxylic acid groups (broad SMARTS) is 2. The summed E-state index contributed by atoms with van der Waals surface area (Å²) in [5.74, 6) is -14.0. The number of aryl methyl sites for hydroxylation is 2. The number of aliphatic hydroxyl groups excluding tert-OH is 3. The maximum atomic E-state index is 15.5. The van der Waals surface area contributed by atoms with Crippen LogP contribution in [0.3, 0.4) is 0 Å². The van der Waals surface area contributed by atoms with Crippen LogP contribution in [0.25, 0.3) is 11.1 Å². The molecule has 0 bridgehead atoms. The number of tetrazole rings is 1. The number of carboxylic acids is 2. The average molecular weight is 1780 g/mol. The zero-order chi connectivity index (χ0) is 91.8. The van der Waals surface area contributed by atoms with Gasteiger partial charge < -0.3 is 127 Å². The number of amides is 9. The molecule has 9 amide bonds. The van der Waals surface area contributed by atoms with Crippen LogP contribution in [0, 0.1) is 11.2 Å². The zero-order valence-corrected chi connectivity index (χ0v) is 71.4. The van der Waals surface area contributed by atoms with Crippen molar-refractivity contribution in [3.8, 4) is 16.9 Å². The third kappa shape index (κ3) is 37.0. The highest BCUT2D eigenvalue weighted by molar-refractivity contribution is 6.06. The Kier molecular flexibility index (Phi) is 45.7. The van der Waals surface area contributed by atoms with Crippen LogP contribution in [-0.2, 0) is 136 Å². The summed E-state index contributed by atoms with van der Waals surface area (Å²) in [6, 6.07) is 6.01. The molecule has 0 fully saturated rings. The number of benzene rings is 3. The number of aromatic amines is 2. The van der Waals surface area contributed by atoms with Gasteiger partial charge in [0.15, 0.2) is 5.82 Å². The summed E-state index contributed by atoms with van der Waals surface area (Å²) in [6.07, 6.45) is 1.01. The summed E-state index contributed by atoms with van der Waals surface area (Å²) >= 11 is 0. The largest absolute Gasteiger partial charge is 0.494 e. The van der Waals surface area contributed by atoms with Gasteiger partial charge in [-0.15, -0.1) is 15.3 Å². The van der Waals surface area contributed by atoms with E-state index < -0.39 is 163 Å². The number of carbonyl (C=O) groups excluding carboxylic acids is 9. The van der Waals surface area contributed by atoms with E-state index in [0.717, 1.165) is 56.4 Å². The minimum atomic E-state index is -2.39. The highest BCUT2D eigenvalue weighted by Gasteiger charge is 2.43. The van der Waals surface area contributed by atoms with E-state index in [1.54, 1.807) is 35.1 Å². The predicted molar refractivity (Wildman–Crippen MR) is 443 cm³/mol. The molecule has 0 saturated heterocycles. The molecule has 0 spiro atoms. The second-order valence-corrected chi connectivity index (χ2v) is 29.6. The first-order valence-corrected chi connectivity index (χ1v) is 41.1. The Labute approximate surface area is 726 Å². The van der Waals surface area contributed by atoms with Crippen molar-refractivity contribution in [2.24, 2.45) is 11.1 Å². The van der Waals surface area contributed by atoms with Gasteiger partial charge in [-0.05, 0) is 99.9 Å². The number of H-pyrrole nitrogens is 2. The van der Waals surface area contributed by atoms with Crippen molar-refractivity contribution < 1.29 is 125 Å². The van der Waals surface area contributed by atoms with Crippen LogP contribution in [0.15, 0.2) is 85.5 Å². The highest BCUT2D eigenvalue weighted by Crippen LogP contribution is 2.29. The number of aromatic nitrogens is 9. The number of rotatable bonds is 65. The van der Waals surface area contributed by atoms with Gasteiger partial charge in [0, 0.05) is 57.2 Å². The third-order valence-corrected chi connectivity index (χ3v) is 19.1. The molecule has 0 aliphatic rings. The van der Waals surface area contributed by atoms with Gasteiger partial charge >= 0.3 is 11.9 Å². The molecule has 3 aromatic heterocycles. The number of carbonyl (C=O) groups is 11. The lowest BCUT2D eigenvalue weighted by atomic mass is 9.90. The molecular formula is C81H118FN19O25. The van der Waals surface area contributed by atoms with E-state index in [1.165, 1.54) is 38.4 Å². The molecule has 3 aromatic carbocycles. The van der Waals surface area contributed by atoms with Crippen molar-refractivity contribution in [3.05, 3.63) is 125 Å². The molecular weight excluding hydrogens is 1660 g/mol. The number of hydrogen-bond donors (Lipinski definition) is 17. The first-order chi connectivity index (χ1) is 60.4. The number of nitrogens with zero attached hydrogens (tertiary/aromatic N) is 7. The maximum absolute atomic E-state index is 15.5. The van der Waals surface area contributed by atoms with Gasteiger partial charge in [0.05, 0.1) is 157 Å². The van der Waals surface area contributed by atoms with E-state index in [2.05, 4.69) is 88.8 Å². The summed E-state index contributed by atoms with van der Waals surface area (Å²) < 4.78 is 67.2. The van der Waals surface area contributed by atoms with Gasteiger partial charge in [-0.2, -0.15) is 5.21 Å². The predicted octanol–water partition coefficient (Wildman–Crippen LogP) is -3.04. The fraction of sp³-hybridized carbons (Fsp3) is 0.568. The summed E-state index contributed by atoms with van der Waals surface area (Å²) in [5.41, 5.74) is 5.42. The third-order valence-electron chi connectivity index (χ3n) is 19.1. The molecule has 44 nitrogen and oxygen atoms in total. The maximum Gasteiger partial charge on any atom is 0.326 e. The second-order valence-electron chi connectivity index (χ2n) is 29.6. The summed E-state index contributed by atoms with van der Waals surface area (Å²) in [7, 11) is 0. The van der Waals surface area contributed by atoms with Crippen LogP contribution in [0.5, 0.6) is 5.75 Å². The van der Waals surface area contributed by atoms with E-state index in [0.29, 0.717) is 154 Å². The van der Waals surface area contributed by atoms with E-state index in [1.807, 2.05) is 31.3 Å². The fourth-order valence-corrected chi connectivity index (χ4v) is 12.0. The van der Waals surface area contributed by atoms with Crippen molar-refractivity contribution in [2.75, 3.05) is 132 Å². The molecule has 9 atom stereocenters. The standard InChI is InChI=1S/C81H118FN19O25/c1-7-54-41-59(126-24-11-10-23-101-47-58(95-100-101)49-125-39-38-124-37-36-123-35-34-122-33-32-121-31-30-120-29-28-119-27-26-118-25-21-83)18-19-60(54)55-16-14-53(15-17-55)40-64(76(113)114)89-72(109)63(43-68(106)107)88-73(110)65(48-102)90-74(111)69(51(2)103)93-79(117)81(6,44-56-12-8-9-13-61(56)82)94-75(112)70(52(3)104)92-67(105)46-86-71(108)62(42-66-96-98-99-97-66)91-78(116)80(4,5)77(115)85-22-20-57-45-84-50-87-57/h8-9,12-19,41,45,47,50-52,62-65,69-70,102-104H,7,10-11,20-40,42-44,46,48-49,83H2,1-6H3,(H,84,87)(H,85,115)(H,86,108)(H,88,110)(H,89,109)(H,90,111)(H,91,116)(H,92,105)(H,93,117)(H,94,112)(H,106,107)(H,113,114)(H,96,97,98,99)/t51-,52-,62+,63+,64+,65+,69+,70+,81?/m1/s1. The molecule has 0 aliphatic carbocycles. The molecule has 6 rings (SSSR count). The first kappa shape index (κ1) is 103. The Bertz CT molecular complexity index is 4340. The molecule has 6 aromatic rings. The van der Waals surface area contributed by atoms with Crippen molar-refractivity contribution >= 4 is 65.1 Å². The first-order valence-electron chi connectivity index (χ1n) is 41.1. The number of hydrogen-bond acceptors (Lipinski definition) is 30. The topological polar surface area (TPSA) is 620 Å². The van der Waals surface area contributed by atoms with Crippen LogP contribution in [0.2, 0.25) is 0 Å². The van der Waals surface area contributed by atoms with Gasteiger partial charge in [-0.1, -0.05) is 65.9 Å².